The molecule has 1 aromatic heterocycles. The molecular weight excluding hydrogens is 436 g/mol. The number of fused-ring (bicyclic) bond motifs is 5. The van der Waals surface area contributed by atoms with Crippen LogP contribution in [0.25, 0.3) is 22.5 Å². The maximum atomic E-state index is 11.7. The first-order valence-electron chi connectivity index (χ1n) is 12.9. The molecule has 0 radical (unpaired) electrons. The summed E-state index contributed by atoms with van der Waals surface area (Å²) in [5.41, 5.74) is 6.00. The van der Waals surface area contributed by atoms with Crippen molar-refractivity contribution in [3.05, 3.63) is 65.7 Å². The standard InChI is InChI=1S/C30H32N2O3/c1-18(33)35-29-13-10-25-22-9-8-20-16-28(34)24(17-23(20)21(22)14-15-30(25,29)2)27-12-11-26(31-32-27)19-6-4-3-5-7-19/h3-7,11-12,16-17,21-22,25,29,34H,8-10,13-15H2,1-2H3/t21-,22+,25-,29-,30-/m0/s1. The van der Waals surface area contributed by atoms with Gasteiger partial charge in [0.25, 0.3) is 0 Å². The fraction of sp³-hybridized carbons (Fsp3) is 0.433. The van der Waals surface area contributed by atoms with E-state index in [0.717, 1.165) is 55.3 Å². The highest BCUT2D eigenvalue weighted by Crippen LogP contribution is 2.62. The van der Waals surface area contributed by atoms with Gasteiger partial charge in [0.05, 0.1) is 11.4 Å². The summed E-state index contributed by atoms with van der Waals surface area (Å²) in [4.78, 5) is 11.7. The predicted molar refractivity (Wildman–Crippen MR) is 135 cm³/mol. The van der Waals surface area contributed by atoms with Crippen LogP contribution in [-0.2, 0) is 16.0 Å². The van der Waals surface area contributed by atoms with Crippen LogP contribution >= 0.6 is 0 Å². The van der Waals surface area contributed by atoms with Crippen LogP contribution in [0.2, 0.25) is 0 Å². The number of aromatic nitrogens is 2. The van der Waals surface area contributed by atoms with Crippen molar-refractivity contribution < 1.29 is 14.6 Å². The van der Waals surface area contributed by atoms with E-state index < -0.39 is 0 Å². The number of aromatic hydroxyl groups is 1. The number of benzene rings is 2. The number of hydrogen-bond acceptors (Lipinski definition) is 5. The lowest BCUT2D eigenvalue weighted by atomic mass is 9.55. The molecule has 5 heteroatoms. The van der Waals surface area contributed by atoms with Crippen molar-refractivity contribution in [3.63, 3.8) is 0 Å². The molecule has 0 spiro atoms. The Balaban J connectivity index is 1.31. The molecule has 0 unspecified atom stereocenters. The Morgan fingerprint density at radius 1 is 1.00 bits per heavy atom. The molecule has 2 aromatic carbocycles. The average Bonchev–Trinajstić information content (AvgIpc) is 3.19. The quantitative estimate of drug-likeness (QED) is 0.457. The second kappa shape index (κ2) is 8.47. The highest BCUT2D eigenvalue weighted by Gasteiger charge is 2.56. The topological polar surface area (TPSA) is 72.3 Å². The van der Waals surface area contributed by atoms with Crippen LogP contribution in [0, 0.1) is 17.3 Å². The molecular formula is C30H32N2O3. The van der Waals surface area contributed by atoms with Crippen LogP contribution in [0.1, 0.15) is 63.0 Å². The molecule has 1 heterocycles. The van der Waals surface area contributed by atoms with Gasteiger partial charge in [0.15, 0.2) is 0 Å². The maximum absolute atomic E-state index is 11.7. The fourth-order valence-corrected chi connectivity index (χ4v) is 7.40. The Labute approximate surface area is 206 Å². The van der Waals surface area contributed by atoms with Crippen LogP contribution in [0.4, 0.5) is 0 Å². The van der Waals surface area contributed by atoms with Gasteiger partial charge in [-0.05, 0) is 91.7 Å². The molecule has 35 heavy (non-hydrogen) atoms. The molecule has 0 saturated heterocycles. The lowest BCUT2D eigenvalue weighted by Gasteiger charge is -2.50. The Kier molecular flexibility index (Phi) is 5.39. The molecule has 6 rings (SSSR count). The Hall–Kier alpha value is -3.21. The Morgan fingerprint density at radius 3 is 2.51 bits per heavy atom. The summed E-state index contributed by atoms with van der Waals surface area (Å²) in [5.74, 6) is 1.75. The molecule has 5 nitrogen and oxygen atoms in total. The second-order valence-electron chi connectivity index (χ2n) is 10.9. The number of phenolic OH excluding ortho intramolecular Hbond substituents is 1. The van der Waals surface area contributed by atoms with Crippen molar-refractivity contribution in [2.45, 2.75) is 64.4 Å². The zero-order valence-corrected chi connectivity index (χ0v) is 20.4. The number of aryl methyl sites for hydroxylation is 1. The molecule has 0 amide bonds. The van der Waals surface area contributed by atoms with E-state index in [4.69, 9.17) is 4.74 Å². The predicted octanol–water partition coefficient (Wildman–Crippen LogP) is 6.30. The molecule has 5 atom stereocenters. The molecule has 0 aliphatic heterocycles. The molecule has 3 aliphatic carbocycles. The minimum atomic E-state index is -0.160. The van der Waals surface area contributed by atoms with Crippen molar-refractivity contribution in [1.29, 1.82) is 0 Å². The number of hydrogen-bond donors (Lipinski definition) is 1. The summed E-state index contributed by atoms with van der Waals surface area (Å²) < 4.78 is 5.78. The number of ether oxygens (including phenoxy) is 1. The van der Waals surface area contributed by atoms with Gasteiger partial charge in [-0.3, -0.25) is 4.79 Å². The highest BCUT2D eigenvalue weighted by atomic mass is 16.5. The smallest absolute Gasteiger partial charge is 0.302 e. The number of rotatable bonds is 3. The largest absolute Gasteiger partial charge is 0.507 e. The van der Waals surface area contributed by atoms with Crippen LogP contribution in [0.5, 0.6) is 5.75 Å². The zero-order chi connectivity index (χ0) is 24.2. The first-order chi connectivity index (χ1) is 16.9. The number of nitrogens with zero attached hydrogens (tertiary/aromatic N) is 2. The number of carbonyl (C=O) groups is 1. The van der Waals surface area contributed by atoms with Crippen LogP contribution in [-0.4, -0.2) is 27.4 Å². The summed E-state index contributed by atoms with van der Waals surface area (Å²) >= 11 is 0. The molecule has 2 saturated carbocycles. The molecule has 0 bridgehead atoms. The van der Waals surface area contributed by atoms with Crippen molar-refractivity contribution in [2.24, 2.45) is 17.3 Å². The van der Waals surface area contributed by atoms with Gasteiger partial charge in [-0.25, -0.2) is 0 Å². The molecule has 180 valence electrons. The van der Waals surface area contributed by atoms with Crippen LogP contribution in [0.15, 0.2) is 54.6 Å². The van der Waals surface area contributed by atoms with Gasteiger partial charge in [0.1, 0.15) is 11.9 Å². The molecule has 3 aliphatic rings. The van der Waals surface area contributed by atoms with Gasteiger partial charge < -0.3 is 9.84 Å². The monoisotopic (exact) mass is 468 g/mol. The van der Waals surface area contributed by atoms with Gasteiger partial charge in [-0.2, -0.15) is 0 Å². The molecule has 3 aromatic rings. The summed E-state index contributed by atoms with van der Waals surface area (Å²) in [6.07, 6.45) is 6.41. The minimum Gasteiger partial charge on any atom is -0.507 e. The van der Waals surface area contributed by atoms with Crippen molar-refractivity contribution in [2.75, 3.05) is 0 Å². The Morgan fingerprint density at radius 2 is 1.77 bits per heavy atom. The third-order valence-electron chi connectivity index (χ3n) is 9.07. The summed E-state index contributed by atoms with van der Waals surface area (Å²) in [5, 5.41) is 19.8. The summed E-state index contributed by atoms with van der Waals surface area (Å²) in [6.45, 7) is 3.87. The van der Waals surface area contributed by atoms with E-state index in [-0.39, 0.29) is 23.2 Å². The lowest BCUT2D eigenvalue weighted by Crippen LogP contribution is -2.45. The van der Waals surface area contributed by atoms with Crippen molar-refractivity contribution in [3.8, 4) is 28.3 Å². The first kappa shape index (κ1) is 22.3. The van der Waals surface area contributed by atoms with E-state index in [2.05, 4.69) is 23.2 Å². The van der Waals surface area contributed by atoms with Crippen molar-refractivity contribution in [1.82, 2.24) is 10.2 Å². The Bertz CT molecular complexity index is 1260. The van der Waals surface area contributed by atoms with Crippen LogP contribution in [0.3, 0.4) is 0 Å². The molecule has 2 fully saturated rings. The lowest BCUT2D eigenvalue weighted by molar-refractivity contribution is -0.154. The van der Waals surface area contributed by atoms with Crippen LogP contribution < -0.4 is 0 Å². The van der Waals surface area contributed by atoms with Crippen molar-refractivity contribution >= 4 is 5.97 Å². The van der Waals surface area contributed by atoms with E-state index >= 15 is 0 Å². The number of carbonyl (C=O) groups excluding carboxylic acids is 1. The SMILES string of the molecule is CC(=O)O[C@H]1CC[C@H]2[C@@H]3CCc4cc(O)c(-c5ccc(-c6ccccc6)nn5)cc4[C@H]3CC[C@]12C. The second-order valence-corrected chi connectivity index (χ2v) is 10.9. The normalized spacial score (nSPS) is 29.1. The number of phenols is 1. The fourth-order valence-electron chi connectivity index (χ4n) is 7.40. The maximum Gasteiger partial charge on any atom is 0.302 e. The zero-order valence-electron chi connectivity index (χ0n) is 20.4. The van der Waals surface area contributed by atoms with Gasteiger partial charge in [0, 0.05) is 23.5 Å². The van der Waals surface area contributed by atoms with Gasteiger partial charge >= 0.3 is 5.97 Å². The van der Waals surface area contributed by atoms with Gasteiger partial charge in [0.2, 0.25) is 0 Å². The van der Waals surface area contributed by atoms with E-state index in [1.807, 2.05) is 48.5 Å². The summed E-state index contributed by atoms with van der Waals surface area (Å²) in [7, 11) is 0. The van der Waals surface area contributed by atoms with Gasteiger partial charge in [-0.1, -0.05) is 37.3 Å². The third-order valence-corrected chi connectivity index (χ3v) is 9.07. The summed E-state index contributed by atoms with van der Waals surface area (Å²) in [6, 6.07) is 18.1. The van der Waals surface area contributed by atoms with Gasteiger partial charge in [-0.15, -0.1) is 10.2 Å². The average molecular weight is 469 g/mol. The number of esters is 1. The molecule has 1 N–H and O–H groups in total. The third kappa shape index (κ3) is 3.72. The van der Waals surface area contributed by atoms with E-state index in [1.165, 1.54) is 18.1 Å². The first-order valence-corrected chi connectivity index (χ1v) is 12.9. The van der Waals surface area contributed by atoms with E-state index in [0.29, 0.717) is 23.4 Å². The minimum absolute atomic E-state index is 0.0427. The van der Waals surface area contributed by atoms with E-state index in [1.54, 1.807) is 0 Å². The highest BCUT2D eigenvalue weighted by molar-refractivity contribution is 5.70. The van der Waals surface area contributed by atoms with E-state index in [9.17, 15) is 9.90 Å².